The normalized spacial score (nSPS) is 14.0. The zero-order valence-electron chi connectivity index (χ0n) is 16.2. The summed E-state index contributed by atoms with van der Waals surface area (Å²) in [7, 11) is 0.0921. The maximum absolute atomic E-state index is 4.29. The van der Waals surface area contributed by atoms with E-state index in [0.29, 0.717) is 0 Å². The van der Waals surface area contributed by atoms with Gasteiger partial charge in [0.1, 0.15) is 0 Å². The van der Waals surface area contributed by atoms with Gasteiger partial charge in [-0.25, -0.2) is 0 Å². The molecule has 0 radical (unpaired) electrons. The zero-order chi connectivity index (χ0) is 18.8. The van der Waals surface area contributed by atoms with Crippen molar-refractivity contribution in [2.45, 2.75) is 33.6 Å². The van der Waals surface area contributed by atoms with E-state index in [4.69, 9.17) is 0 Å². The van der Waals surface area contributed by atoms with Crippen LogP contribution in [-0.4, -0.2) is 11.6 Å². The van der Waals surface area contributed by atoms with E-state index in [1.165, 1.54) is 34.3 Å². The molecule has 0 fully saturated rings. The molecule has 0 heterocycles. The fraction of sp³-hybridized carbons (Fsp3) is 0.240. The van der Waals surface area contributed by atoms with Crippen LogP contribution in [0.2, 0.25) is 0 Å². The highest BCUT2D eigenvalue weighted by Gasteiger charge is 2.05. The fourth-order valence-corrected chi connectivity index (χ4v) is 4.19. The van der Waals surface area contributed by atoms with Gasteiger partial charge in [0.2, 0.25) is 0 Å². The van der Waals surface area contributed by atoms with Crippen LogP contribution in [0.3, 0.4) is 0 Å². The third-order valence-corrected chi connectivity index (χ3v) is 5.83. The van der Waals surface area contributed by atoms with E-state index < -0.39 is 0 Å². The van der Waals surface area contributed by atoms with E-state index in [1.807, 2.05) is 0 Å². The molecule has 0 aliphatic carbocycles. The van der Waals surface area contributed by atoms with Gasteiger partial charge < -0.3 is 0 Å². The van der Waals surface area contributed by atoms with E-state index in [0.717, 1.165) is 12.2 Å². The van der Waals surface area contributed by atoms with Gasteiger partial charge in [0.05, 0.1) is 0 Å². The van der Waals surface area contributed by atoms with Gasteiger partial charge in [0.15, 0.2) is 0 Å². The molecule has 0 nitrogen and oxygen atoms in total. The number of hydrogen-bond acceptors (Lipinski definition) is 0. The Morgan fingerprint density at radius 3 is 2.27 bits per heavy atom. The maximum Gasteiger partial charge on any atom is -0.00258 e. The average molecular weight is 363 g/mol. The summed E-state index contributed by atoms with van der Waals surface area (Å²) < 4.78 is 0. The van der Waals surface area contributed by atoms with Gasteiger partial charge in [-0.3, -0.25) is 0 Å². The highest BCUT2D eigenvalue weighted by atomic mass is 32.2. The van der Waals surface area contributed by atoms with Crippen LogP contribution < -0.4 is 0 Å². The molecule has 1 heteroatoms. The number of allylic oxidation sites excluding steroid dienone is 5. The maximum atomic E-state index is 4.29. The standard InChI is InChI=1S/C25H30S/c1-5-7-13-25(21(3)20-26(4)18-6-2)24-16-14-23(15-17-24)19-22-11-9-8-10-12-22/h5,7-17,20H,4,6,18-19H2,1-3H3/b7-5-,21-20+,25-13+. The molecule has 0 spiro atoms. The molecule has 0 aliphatic heterocycles. The van der Waals surface area contributed by atoms with Crippen molar-refractivity contribution >= 4 is 21.9 Å². The quantitative estimate of drug-likeness (QED) is 0.342. The third kappa shape index (κ3) is 6.31. The van der Waals surface area contributed by atoms with Crippen LogP contribution in [0.25, 0.3) is 5.57 Å². The highest BCUT2D eigenvalue weighted by molar-refractivity contribution is 8.16. The molecule has 136 valence electrons. The van der Waals surface area contributed by atoms with E-state index >= 15 is 0 Å². The summed E-state index contributed by atoms with van der Waals surface area (Å²) in [5, 5.41) is 2.33. The van der Waals surface area contributed by atoms with Crippen LogP contribution in [0, 0.1) is 0 Å². The van der Waals surface area contributed by atoms with Crippen molar-refractivity contribution in [2.24, 2.45) is 0 Å². The second-order valence-electron chi connectivity index (χ2n) is 6.51. The van der Waals surface area contributed by atoms with Crippen LogP contribution in [0.4, 0.5) is 0 Å². The van der Waals surface area contributed by atoms with Crippen molar-refractivity contribution in [1.82, 2.24) is 0 Å². The molecule has 1 unspecified atom stereocenters. The second-order valence-corrected chi connectivity index (χ2v) is 8.23. The molecule has 2 rings (SSSR count). The van der Waals surface area contributed by atoms with Crippen molar-refractivity contribution in [3.63, 3.8) is 0 Å². The molecule has 0 saturated carbocycles. The van der Waals surface area contributed by atoms with Gasteiger partial charge in [-0.2, -0.15) is 10.5 Å². The fourth-order valence-electron chi connectivity index (χ4n) is 2.92. The summed E-state index contributed by atoms with van der Waals surface area (Å²) in [4.78, 5) is 0. The molecule has 2 aromatic rings. The molecule has 0 bridgehead atoms. The Balaban J connectivity index is 2.24. The Hall–Kier alpha value is -2.12. The van der Waals surface area contributed by atoms with Crippen molar-refractivity contribution in [3.8, 4) is 0 Å². The molecule has 0 aromatic heterocycles. The van der Waals surface area contributed by atoms with Crippen molar-refractivity contribution in [3.05, 3.63) is 100 Å². The van der Waals surface area contributed by atoms with Crippen LogP contribution in [-0.2, 0) is 6.42 Å². The Morgan fingerprint density at radius 2 is 1.65 bits per heavy atom. The lowest BCUT2D eigenvalue weighted by Gasteiger charge is -2.11. The van der Waals surface area contributed by atoms with Crippen LogP contribution in [0.5, 0.6) is 0 Å². The van der Waals surface area contributed by atoms with Gasteiger partial charge in [-0.15, -0.1) is 0 Å². The lowest BCUT2D eigenvalue weighted by molar-refractivity contribution is 1.11. The number of rotatable bonds is 8. The number of hydrogen-bond donors (Lipinski definition) is 0. The van der Waals surface area contributed by atoms with Crippen LogP contribution in [0.15, 0.2) is 83.8 Å². The topological polar surface area (TPSA) is 0 Å². The minimum atomic E-state index is 0.0921. The predicted molar refractivity (Wildman–Crippen MR) is 122 cm³/mol. The summed E-state index contributed by atoms with van der Waals surface area (Å²) in [6, 6.07) is 19.6. The molecular weight excluding hydrogens is 332 g/mol. The monoisotopic (exact) mass is 362 g/mol. The Labute approximate surface area is 161 Å². The lowest BCUT2D eigenvalue weighted by atomic mass is 9.96. The van der Waals surface area contributed by atoms with Gasteiger partial charge in [-0.05, 0) is 65.7 Å². The molecule has 1 atom stereocenters. The smallest absolute Gasteiger partial charge is 0.00258 e. The van der Waals surface area contributed by atoms with Crippen molar-refractivity contribution in [2.75, 3.05) is 5.75 Å². The van der Waals surface area contributed by atoms with Gasteiger partial charge in [0.25, 0.3) is 0 Å². The van der Waals surface area contributed by atoms with Gasteiger partial charge >= 0.3 is 0 Å². The van der Waals surface area contributed by atoms with Crippen molar-refractivity contribution < 1.29 is 0 Å². The predicted octanol–water partition coefficient (Wildman–Crippen LogP) is 7.25. The lowest BCUT2D eigenvalue weighted by Crippen LogP contribution is -1.91. The van der Waals surface area contributed by atoms with E-state index in [1.54, 1.807) is 0 Å². The minimum Gasteiger partial charge on any atom is -0.169 e. The summed E-state index contributed by atoms with van der Waals surface area (Å²) in [5.74, 6) is 5.45. The third-order valence-electron chi connectivity index (χ3n) is 4.21. The molecule has 0 saturated heterocycles. The average Bonchev–Trinajstić information content (AvgIpc) is 2.64. The zero-order valence-corrected chi connectivity index (χ0v) is 17.1. The molecular formula is C25H30S. The summed E-state index contributed by atoms with van der Waals surface area (Å²) >= 11 is 0. The van der Waals surface area contributed by atoms with Crippen LogP contribution >= 0.6 is 10.5 Å². The Morgan fingerprint density at radius 1 is 1.00 bits per heavy atom. The second kappa shape index (κ2) is 10.8. The SMILES string of the molecule is C=S(/C=C(C)/C(=C\C=C/C)c1ccc(Cc2ccccc2)cc1)CCC. The number of benzene rings is 2. The molecule has 0 aliphatic rings. The summed E-state index contributed by atoms with van der Waals surface area (Å²) in [6.07, 6.45) is 8.56. The van der Waals surface area contributed by atoms with E-state index in [9.17, 15) is 0 Å². The molecule has 0 N–H and O–H groups in total. The van der Waals surface area contributed by atoms with Crippen molar-refractivity contribution in [1.29, 1.82) is 0 Å². The van der Waals surface area contributed by atoms with Gasteiger partial charge in [-0.1, -0.05) is 85.6 Å². The van der Waals surface area contributed by atoms with E-state index in [-0.39, 0.29) is 10.5 Å². The van der Waals surface area contributed by atoms with E-state index in [2.05, 4.69) is 105 Å². The highest BCUT2D eigenvalue weighted by Crippen LogP contribution is 2.28. The minimum absolute atomic E-state index is 0.0921. The first kappa shape index (κ1) is 20.2. The largest absolute Gasteiger partial charge is 0.169 e. The Kier molecular flexibility index (Phi) is 8.37. The summed E-state index contributed by atoms with van der Waals surface area (Å²) in [5.41, 5.74) is 6.55. The summed E-state index contributed by atoms with van der Waals surface area (Å²) in [6.45, 7) is 6.48. The first-order chi connectivity index (χ1) is 12.6. The molecule has 2 aromatic carbocycles. The first-order valence-corrected chi connectivity index (χ1v) is 10.9. The first-order valence-electron chi connectivity index (χ1n) is 9.28. The molecule has 0 amide bonds. The Bertz CT molecular complexity index is 790. The van der Waals surface area contributed by atoms with Gasteiger partial charge in [0, 0.05) is 0 Å². The molecule has 26 heavy (non-hydrogen) atoms. The van der Waals surface area contributed by atoms with Crippen LogP contribution in [0.1, 0.15) is 43.9 Å².